The summed E-state index contributed by atoms with van der Waals surface area (Å²) in [7, 11) is 1.56. The number of anilines is 1. The van der Waals surface area contributed by atoms with Crippen molar-refractivity contribution in [3.63, 3.8) is 0 Å². The lowest BCUT2D eigenvalue weighted by molar-refractivity contribution is 0.0688. The fraction of sp³-hybridized carbons (Fsp3) is 0.389. The third kappa shape index (κ3) is 3.69. The highest BCUT2D eigenvalue weighted by Crippen LogP contribution is 2.25. The summed E-state index contributed by atoms with van der Waals surface area (Å²) in [6, 6.07) is 6.17. The fourth-order valence-electron chi connectivity index (χ4n) is 2.97. The van der Waals surface area contributed by atoms with E-state index in [1.165, 1.54) is 6.20 Å². The highest BCUT2D eigenvalue weighted by atomic mass is 35.5. The van der Waals surface area contributed by atoms with Crippen LogP contribution in [-0.2, 0) is 13.0 Å². The lowest BCUT2D eigenvalue weighted by Gasteiger charge is -2.32. The predicted octanol–water partition coefficient (Wildman–Crippen LogP) is 3.16. The van der Waals surface area contributed by atoms with Gasteiger partial charge in [0.15, 0.2) is 11.6 Å². The van der Waals surface area contributed by atoms with E-state index in [0.29, 0.717) is 18.1 Å². The first-order valence-electron chi connectivity index (χ1n) is 8.22. The number of nitrogens with one attached hydrogen (secondary N) is 1. The number of ether oxygens (including phenoxy) is 1. The van der Waals surface area contributed by atoms with E-state index in [4.69, 9.17) is 16.3 Å². The molecule has 0 saturated heterocycles. The summed E-state index contributed by atoms with van der Waals surface area (Å²) in [6.07, 6.45) is 2.40. The third-order valence-corrected chi connectivity index (χ3v) is 4.49. The van der Waals surface area contributed by atoms with Crippen LogP contribution in [0.3, 0.4) is 0 Å². The van der Waals surface area contributed by atoms with Crippen LogP contribution in [0.4, 0.5) is 5.82 Å². The maximum absolute atomic E-state index is 12.5. The molecule has 7 heteroatoms. The number of aromatic nitrogens is 2. The summed E-state index contributed by atoms with van der Waals surface area (Å²) < 4.78 is 5.23. The van der Waals surface area contributed by atoms with Gasteiger partial charge in [0.25, 0.3) is 5.91 Å². The molecule has 25 heavy (non-hydrogen) atoms. The number of halogens is 1. The molecule has 1 aliphatic heterocycles. The van der Waals surface area contributed by atoms with Gasteiger partial charge in [-0.25, -0.2) is 4.98 Å². The Morgan fingerprint density at radius 1 is 1.40 bits per heavy atom. The molecule has 0 atom stereocenters. The topological polar surface area (TPSA) is 67.4 Å². The van der Waals surface area contributed by atoms with Crippen molar-refractivity contribution in [2.45, 2.75) is 32.9 Å². The Balaban J connectivity index is 1.76. The Morgan fingerprint density at radius 2 is 2.20 bits per heavy atom. The van der Waals surface area contributed by atoms with Crippen molar-refractivity contribution in [1.82, 2.24) is 14.9 Å². The van der Waals surface area contributed by atoms with Gasteiger partial charge in [-0.15, -0.1) is 0 Å². The van der Waals surface area contributed by atoms with Gasteiger partial charge >= 0.3 is 0 Å². The molecule has 1 aromatic heterocycles. The molecule has 2 aromatic rings. The molecule has 3 rings (SSSR count). The van der Waals surface area contributed by atoms with E-state index in [1.807, 2.05) is 30.9 Å². The Labute approximate surface area is 152 Å². The molecule has 1 aliphatic rings. The summed E-state index contributed by atoms with van der Waals surface area (Å²) in [6.45, 7) is 5.40. The second-order valence-electron chi connectivity index (χ2n) is 6.24. The number of amides is 1. The van der Waals surface area contributed by atoms with Crippen molar-refractivity contribution in [3.05, 3.63) is 46.4 Å². The molecule has 1 amide bonds. The summed E-state index contributed by atoms with van der Waals surface area (Å²) in [5.41, 5.74) is 2.96. The zero-order valence-corrected chi connectivity index (χ0v) is 15.3. The van der Waals surface area contributed by atoms with E-state index in [-0.39, 0.29) is 17.2 Å². The smallest absolute Gasteiger partial charge is 0.254 e. The Morgan fingerprint density at radius 3 is 2.92 bits per heavy atom. The van der Waals surface area contributed by atoms with Crippen molar-refractivity contribution in [2.75, 3.05) is 19.0 Å². The van der Waals surface area contributed by atoms with Crippen molar-refractivity contribution in [3.8, 4) is 5.75 Å². The van der Waals surface area contributed by atoms with Crippen molar-refractivity contribution < 1.29 is 9.53 Å². The highest BCUT2D eigenvalue weighted by molar-refractivity contribution is 6.28. The number of carbonyl (C=O) groups is 1. The molecule has 0 spiro atoms. The number of benzene rings is 1. The number of nitrogens with zero attached hydrogens (tertiary/aromatic N) is 3. The first-order chi connectivity index (χ1) is 12.0. The van der Waals surface area contributed by atoms with Gasteiger partial charge < -0.3 is 15.0 Å². The van der Waals surface area contributed by atoms with Crippen LogP contribution < -0.4 is 10.1 Å². The molecule has 2 heterocycles. The van der Waals surface area contributed by atoms with E-state index < -0.39 is 0 Å². The second-order valence-corrected chi connectivity index (χ2v) is 6.58. The van der Waals surface area contributed by atoms with Crippen molar-refractivity contribution >= 4 is 23.3 Å². The lowest BCUT2D eigenvalue weighted by Crippen LogP contribution is -2.42. The summed E-state index contributed by atoms with van der Waals surface area (Å²) in [5, 5.41) is 3.37. The van der Waals surface area contributed by atoms with Crippen LogP contribution in [0.5, 0.6) is 5.75 Å². The molecule has 0 fully saturated rings. The zero-order valence-electron chi connectivity index (χ0n) is 14.5. The number of fused-ring (bicyclic) bond motifs is 1. The molecule has 0 aliphatic carbocycles. The highest BCUT2D eigenvalue weighted by Gasteiger charge is 2.26. The van der Waals surface area contributed by atoms with Crippen LogP contribution in [0.15, 0.2) is 24.4 Å². The van der Waals surface area contributed by atoms with Crippen LogP contribution in [0.2, 0.25) is 5.28 Å². The Kier molecular flexibility index (Phi) is 5.08. The maximum Gasteiger partial charge on any atom is 0.254 e. The van der Waals surface area contributed by atoms with Crippen LogP contribution in [0.25, 0.3) is 0 Å². The van der Waals surface area contributed by atoms with Gasteiger partial charge in [-0.3, -0.25) is 4.79 Å². The first-order valence-corrected chi connectivity index (χ1v) is 8.60. The first kappa shape index (κ1) is 17.5. The van der Waals surface area contributed by atoms with Crippen LogP contribution >= 0.6 is 11.6 Å². The minimum Gasteiger partial charge on any atom is -0.491 e. The molecular weight excluding hydrogens is 340 g/mol. The Bertz CT molecular complexity index is 795. The standard InChI is InChI=1S/C18H21ClN4O2/c1-11(2)23-7-6-13-8-12(4-5-14(13)17(23)24)9-20-16-15(25-3)10-21-18(19)22-16/h4-5,8,10-11H,6-7,9H2,1-3H3,(H,20,21,22). The molecule has 6 nitrogen and oxygen atoms in total. The quantitative estimate of drug-likeness (QED) is 0.829. The van der Waals surface area contributed by atoms with Gasteiger partial charge in [-0.1, -0.05) is 12.1 Å². The number of hydrogen-bond donors (Lipinski definition) is 1. The van der Waals surface area contributed by atoms with Gasteiger partial charge in [-0.2, -0.15) is 4.98 Å². The minimum absolute atomic E-state index is 0.111. The SMILES string of the molecule is COc1cnc(Cl)nc1NCc1ccc2c(c1)CCN(C(C)C)C2=O. The normalized spacial score (nSPS) is 13.8. The molecule has 0 saturated carbocycles. The number of carbonyl (C=O) groups excluding carboxylic acids is 1. The summed E-state index contributed by atoms with van der Waals surface area (Å²) in [4.78, 5) is 22.5. The second kappa shape index (κ2) is 7.27. The number of methoxy groups -OCH3 is 1. The van der Waals surface area contributed by atoms with Crippen LogP contribution in [-0.4, -0.2) is 40.5 Å². The van der Waals surface area contributed by atoms with Gasteiger partial charge in [-0.05, 0) is 49.1 Å². The van der Waals surface area contributed by atoms with E-state index in [0.717, 1.165) is 29.7 Å². The third-order valence-electron chi connectivity index (χ3n) is 4.31. The lowest BCUT2D eigenvalue weighted by atomic mass is 9.96. The molecule has 0 bridgehead atoms. The maximum atomic E-state index is 12.5. The van der Waals surface area contributed by atoms with Gasteiger partial charge in [0.2, 0.25) is 5.28 Å². The summed E-state index contributed by atoms with van der Waals surface area (Å²) in [5.74, 6) is 1.19. The molecule has 0 unspecified atom stereocenters. The zero-order chi connectivity index (χ0) is 18.0. The van der Waals surface area contributed by atoms with Crippen molar-refractivity contribution in [2.24, 2.45) is 0 Å². The van der Waals surface area contributed by atoms with Crippen LogP contribution in [0, 0.1) is 0 Å². The van der Waals surface area contributed by atoms with Crippen molar-refractivity contribution in [1.29, 1.82) is 0 Å². The van der Waals surface area contributed by atoms with Gasteiger partial charge in [0.05, 0.1) is 13.3 Å². The Hall–Kier alpha value is -2.34. The molecule has 0 radical (unpaired) electrons. The molecule has 1 aromatic carbocycles. The molecule has 132 valence electrons. The van der Waals surface area contributed by atoms with Gasteiger partial charge in [0, 0.05) is 24.7 Å². The minimum atomic E-state index is 0.111. The number of hydrogen-bond acceptors (Lipinski definition) is 5. The number of rotatable bonds is 5. The van der Waals surface area contributed by atoms with E-state index in [9.17, 15) is 4.79 Å². The monoisotopic (exact) mass is 360 g/mol. The molecule has 1 N–H and O–H groups in total. The summed E-state index contributed by atoms with van der Waals surface area (Å²) >= 11 is 5.85. The van der Waals surface area contributed by atoms with E-state index >= 15 is 0 Å². The average Bonchev–Trinajstić information content (AvgIpc) is 2.60. The van der Waals surface area contributed by atoms with E-state index in [1.54, 1.807) is 7.11 Å². The van der Waals surface area contributed by atoms with Gasteiger partial charge in [0.1, 0.15) is 0 Å². The molecular formula is C18H21ClN4O2. The van der Waals surface area contributed by atoms with E-state index in [2.05, 4.69) is 21.4 Å². The largest absolute Gasteiger partial charge is 0.491 e. The average molecular weight is 361 g/mol. The van der Waals surface area contributed by atoms with Crippen LogP contribution in [0.1, 0.15) is 35.3 Å². The fourth-order valence-corrected chi connectivity index (χ4v) is 3.11. The predicted molar refractivity (Wildman–Crippen MR) is 97.2 cm³/mol.